The van der Waals surface area contributed by atoms with Crippen molar-refractivity contribution in [2.24, 2.45) is 5.92 Å². The molecule has 2 heterocycles. The molecule has 98 valence electrons. The molecule has 1 unspecified atom stereocenters. The van der Waals surface area contributed by atoms with Crippen LogP contribution in [0.15, 0.2) is 0 Å². The normalized spacial score (nSPS) is 29.1. The van der Waals surface area contributed by atoms with E-state index < -0.39 is 9.84 Å². The molecule has 0 aromatic carbocycles. The molecule has 0 spiro atoms. The molecule has 5 nitrogen and oxygen atoms in total. The third kappa shape index (κ3) is 3.12. The van der Waals surface area contributed by atoms with Gasteiger partial charge >= 0.3 is 6.03 Å². The molecule has 2 fully saturated rings. The highest BCUT2D eigenvalue weighted by Gasteiger charge is 2.29. The molecule has 2 aliphatic rings. The van der Waals surface area contributed by atoms with E-state index in [1.54, 1.807) is 4.90 Å². The lowest BCUT2D eigenvalue weighted by Gasteiger charge is -2.36. The van der Waals surface area contributed by atoms with E-state index in [0.29, 0.717) is 19.0 Å². The molecule has 0 N–H and O–H groups in total. The van der Waals surface area contributed by atoms with Gasteiger partial charge < -0.3 is 9.80 Å². The highest BCUT2D eigenvalue weighted by molar-refractivity contribution is 7.91. The van der Waals surface area contributed by atoms with Crippen LogP contribution in [0.5, 0.6) is 0 Å². The topological polar surface area (TPSA) is 57.7 Å². The van der Waals surface area contributed by atoms with Crippen molar-refractivity contribution >= 4 is 15.9 Å². The van der Waals surface area contributed by atoms with Crippen LogP contribution in [0.2, 0.25) is 0 Å². The summed E-state index contributed by atoms with van der Waals surface area (Å²) < 4.78 is 22.6. The number of hydrogen-bond acceptors (Lipinski definition) is 3. The molecule has 17 heavy (non-hydrogen) atoms. The van der Waals surface area contributed by atoms with E-state index in [1.807, 2.05) is 4.90 Å². The quantitative estimate of drug-likeness (QED) is 0.640. The maximum Gasteiger partial charge on any atom is 0.320 e. The van der Waals surface area contributed by atoms with Crippen LogP contribution in [0.25, 0.3) is 0 Å². The van der Waals surface area contributed by atoms with E-state index in [0.717, 1.165) is 19.5 Å². The minimum Gasteiger partial charge on any atom is -0.324 e. The SMILES string of the molecule is CC1CCCN(C(=O)N2CCS(=O)(=O)CC2)C1. The third-order valence-electron chi connectivity index (χ3n) is 3.54. The second kappa shape index (κ2) is 4.84. The molecule has 0 saturated carbocycles. The van der Waals surface area contributed by atoms with Gasteiger partial charge in [0.25, 0.3) is 0 Å². The van der Waals surface area contributed by atoms with Crippen molar-refractivity contribution in [1.82, 2.24) is 9.80 Å². The van der Waals surface area contributed by atoms with Crippen molar-refractivity contribution in [2.75, 3.05) is 37.7 Å². The number of hydrogen-bond donors (Lipinski definition) is 0. The molecule has 1 atom stereocenters. The molecule has 2 saturated heterocycles. The summed E-state index contributed by atoms with van der Waals surface area (Å²) in [6, 6.07) is 0.0199. The Labute approximate surface area is 103 Å². The second-order valence-electron chi connectivity index (χ2n) is 5.11. The van der Waals surface area contributed by atoms with E-state index in [-0.39, 0.29) is 17.5 Å². The highest BCUT2D eigenvalue weighted by atomic mass is 32.2. The number of nitrogens with zero attached hydrogens (tertiary/aromatic N) is 2. The van der Waals surface area contributed by atoms with Gasteiger partial charge in [0.2, 0.25) is 0 Å². The van der Waals surface area contributed by atoms with Crippen molar-refractivity contribution in [3.63, 3.8) is 0 Å². The monoisotopic (exact) mass is 260 g/mol. The molecule has 2 aliphatic heterocycles. The fourth-order valence-electron chi connectivity index (χ4n) is 2.47. The summed E-state index contributed by atoms with van der Waals surface area (Å²) in [5.41, 5.74) is 0. The molecule has 0 radical (unpaired) electrons. The summed E-state index contributed by atoms with van der Waals surface area (Å²) in [6.45, 7) is 4.48. The Balaban J connectivity index is 1.92. The summed E-state index contributed by atoms with van der Waals surface area (Å²) in [5, 5.41) is 0. The Morgan fingerprint density at radius 2 is 1.76 bits per heavy atom. The van der Waals surface area contributed by atoms with Gasteiger partial charge in [-0.1, -0.05) is 6.92 Å². The first-order valence-electron chi connectivity index (χ1n) is 6.22. The van der Waals surface area contributed by atoms with Crippen molar-refractivity contribution < 1.29 is 13.2 Å². The van der Waals surface area contributed by atoms with Gasteiger partial charge in [0.15, 0.2) is 9.84 Å². The first-order chi connectivity index (χ1) is 7.98. The number of piperidine rings is 1. The molecule has 0 bridgehead atoms. The van der Waals surface area contributed by atoms with E-state index in [9.17, 15) is 13.2 Å². The average Bonchev–Trinajstić information content (AvgIpc) is 2.28. The van der Waals surface area contributed by atoms with Crippen LogP contribution in [0.1, 0.15) is 19.8 Å². The molecular formula is C11H20N2O3S. The lowest BCUT2D eigenvalue weighted by atomic mass is 10.0. The van der Waals surface area contributed by atoms with Crippen molar-refractivity contribution in [3.8, 4) is 0 Å². The van der Waals surface area contributed by atoms with Crippen LogP contribution < -0.4 is 0 Å². The molecular weight excluding hydrogens is 240 g/mol. The Hall–Kier alpha value is -0.780. The molecule has 2 rings (SSSR count). The van der Waals surface area contributed by atoms with Gasteiger partial charge in [-0.15, -0.1) is 0 Å². The summed E-state index contributed by atoms with van der Waals surface area (Å²) in [6.07, 6.45) is 2.23. The first-order valence-corrected chi connectivity index (χ1v) is 8.04. The van der Waals surface area contributed by atoms with Crippen LogP contribution in [0, 0.1) is 5.92 Å². The van der Waals surface area contributed by atoms with Crippen LogP contribution in [0.3, 0.4) is 0 Å². The van der Waals surface area contributed by atoms with Crippen LogP contribution in [-0.4, -0.2) is 61.9 Å². The fourth-order valence-corrected chi connectivity index (χ4v) is 3.67. The lowest BCUT2D eigenvalue weighted by Crippen LogP contribution is -2.51. The van der Waals surface area contributed by atoms with Crippen LogP contribution in [0.4, 0.5) is 4.79 Å². The van der Waals surface area contributed by atoms with E-state index in [1.165, 1.54) is 6.42 Å². The molecule has 2 amide bonds. The first kappa shape index (κ1) is 12.7. The fraction of sp³-hybridized carbons (Fsp3) is 0.909. The minimum atomic E-state index is -2.90. The van der Waals surface area contributed by atoms with Crippen molar-refractivity contribution in [1.29, 1.82) is 0 Å². The van der Waals surface area contributed by atoms with Crippen molar-refractivity contribution in [2.45, 2.75) is 19.8 Å². The van der Waals surface area contributed by atoms with Gasteiger partial charge in [0.05, 0.1) is 11.5 Å². The van der Waals surface area contributed by atoms with E-state index in [4.69, 9.17) is 0 Å². The molecule has 6 heteroatoms. The Morgan fingerprint density at radius 3 is 2.35 bits per heavy atom. The second-order valence-corrected chi connectivity index (χ2v) is 7.42. The lowest BCUT2D eigenvalue weighted by molar-refractivity contribution is 0.134. The maximum atomic E-state index is 12.2. The van der Waals surface area contributed by atoms with Gasteiger partial charge in [0, 0.05) is 26.2 Å². The summed E-state index contributed by atoms with van der Waals surface area (Å²) >= 11 is 0. The van der Waals surface area contributed by atoms with Gasteiger partial charge in [-0.2, -0.15) is 0 Å². The zero-order valence-electron chi connectivity index (χ0n) is 10.3. The standard InChI is InChI=1S/C11H20N2O3S/c1-10-3-2-4-13(9-10)11(14)12-5-7-17(15,16)8-6-12/h10H,2-9H2,1H3. The average molecular weight is 260 g/mol. The van der Waals surface area contributed by atoms with Gasteiger partial charge in [-0.25, -0.2) is 13.2 Å². The molecule has 0 aromatic heterocycles. The van der Waals surface area contributed by atoms with Gasteiger partial charge in [-0.3, -0.25) is 0 Å². The molecule has 0 aromatic rings. The molecule has 0 aliphatic carbocycles. The van der Waals surface area contributed by atoms with E-state index in [2.05, 4.69) is 6.92 Å². The Bertz CT molecular complexity index is 380. The number of urea groups is 1. The largest absolute Gasteiger partial charge is 0.324 e. The van der Waals surface area contributed by atoms with Gasteiger partial charge in [-0.05, 0) is 18.8 Å². The number of sulfone groups is 1. The smallest absolute Gasteiger partial charge is 0.320 e. The van der Waals surface area contributed by atoms with Crippen LogP contribution in [-0.2, 0) is 9.84 Å². The number of carbonyl (C=O) groups excluding carboxylic acids is 1. The van der Waals surface area contributed by atoms with Crippen molar-refractivity contribution in [3.05, 3.63) is 0 Å². The Morgan fingerprint density at radius 1 is 1.12 bits per heavy atom. The highest BCUT2D eigenvalue weighted by Crippen LogP contribution is 2.17. The zero-order valence-corrected chi connectivity index (χ0v) is 11.1. The predicted octanol–water partition coefficient (Wildman–Crippen LogP) is 0.569. The number of amides is 2. The number of carbonyl (C=O) groups is 1. The minimum absolute atomic E-state index is 0.0199. The maximum absolute atomic E-state index is 12.2. The number of rotatable bonds is 0. The third-order valence-corrected chi connectivity index (χ3v) is 5.15. The summed E-state index contributed by atoms with van der Waals surface area (Å²) in [4.78, 5) is 15.7. The summed E-state index contributed by atoms with van der Waals surface area (Å²) in [7, 11) is -2.90. The van der Waals surface area contributed by atoms with Gasteiger partial charge in [0.1, 0.15) is 0 Å². The van der Waals surface area contributed by atoms with E-state index >= 15 is 0 Å². The van der Waals surface area contributed by atoms with Crippen LogP contribution >= 0.6 is 0 Å². The zero-order chi connectivity index (χ0) is 12.5. The predicted molar refractivity (Wildman–Crippen MR) is 65.6 cm³/mol. The Kier molecular flexibility index (Phi) is 3.61. The summed E-state index contributed by atoms with van der Waals surface area (Å²) in [5.74, 6) is 0.783. The number of likely N-dealkylation sites (tertiary alicyclic amines) is 1.